The zero-order valence-corrected chi connectivity index (χ0v) is 18.0. The molecule has 0 saturated heterocycles. The number of hydrogen-bond acceptors (Lipinski definition) is 6. The third kappa shape index (κ3) is 3.04. The number of allylic oxidation sites excluding steroid dienone is 6. The van der Waals surface area contributed by atoms with Crippen LogP contribution in [-0.2, 0) is 23.9 Å². The fourth-order valence-electron chi connectivity index (χ4n) is 6.85. The van der Waals surface area contributed by atoms with Gasteiger partial charge in [-0.1, -0.05) is 32.1 Å². The van der Waals surface area contributed by atoms with Crippen molar-refractivity contribution in [3.8, 4) is 0 Å². The van der Waals surface area contributed by atoms with Crippen LogP contribution in [0.15, 0.2) is 36.0 Å². The van der Waals surface area contributed by atoms with E-state index in [0.29, 0.717) is 12.8 Å². The molecular weight excluding hydrogens is 384 g/mol. The molecule has 0 spiro atoms. The average molecular weight is 414 g/mol. The monoisotopic (exact) mass is 414 g/mol. The smallest absolute Gasteiger partial charge is 0.303 e. The molecular formula is C24H30O6. The van der Waals surface area contributed by atoms with Gasteiger partial charge in [0.15, 0.2) is 11.6 Å². The molecule has 4 rings (SSSR count). The summed E-state index contributed by atoms with van der Waals surface area (Å²) in [6, 6.07) is 0. The molecule has 0 radical (unpaired) electrons. The van der Waals surface area contributed by atoms with E-state index < -0.39 is 28.8 Å². The van der Waals surface area contributed by atoms with Crippen molar-refractivity contribution < 1.29 is 29.0 Å². The van der Waals surface area contributed by atoms with Crippen LogP contribution in [0.2, 0.25) is 0 Å². The fourth-order valence-corrected chi connectivity index (χ4v) is 6.85. The standard InChI is InChI=1S/C24H30O6/c1-13(25)30-12-19(28)22-20(29-4)10-17-16-6-5-14-9-15(26)7-8-23(14,2)21(16)18(27)11-24(17,22)3/h5-9,16-18,20-22,27H,10-12H2,1-4H3/t16-,17-,18?,20?,21+,22-,23-,24-/m0/s1. The molecule has 6 nitrogen and oxygen atoms in total. The van der Waals surface area contributed by atoms with Gasteiger partial charge >= 0.3 is 5.97 Å². The molecule has 2 fully saturated rings. The van der Waals surface area contributed by atoms with Gasteiger partial charge < -0.3 is 14.6 Å². The van der Waals surface area contributed by atoms with Crippen molar-refractivity contribution in [2.24, 2.45) is 34.5 Å². The lowest BCUT2D eigenvalue weighted by Gasteiger charge is -2.56. The Labute approximate surface area is 177 Å². The van der Waals surface area contributed by atoms with Crippen LogP contribution in [0.4, 0.5) is 0 Å². The van der Waals surface area contributed by atoms with Gasteiger partial charge in [0, 0.05) is 25.4 Å². The van der Waals surface area contributed by atoms with Crippen molar-refractivity contribution in [1.82, 2.24) is 0 Å². The minimum Gasteiger partial charge on any atom is -0.458 e. The molecule has 8 atom stereocenters. The molecule has 0 bridgehead atoms. The van der Waals surface area contributed by atoms with Crippen molar-refractivity contribution in [2.75, 3.05) is 13.7 Å². The number of aliphatic hydroxyl groups excluding tert-OH is 1. The number of ether oxygens (including phenoxy) is 2. The molecule has 4 aliphatic rings. The maximum Gasteiger partial charge on any atom is 0.303 e. The van der Waals surface area contributed by atoms with Crippen molar-refractivity contribution in [2.45, 2.75) is 45.8 Å². The Morgan fingerprint density at radius 2 is 2.00 bits per heavy atom. The summed E-state index contributed by atoms with van der Waals surface area (Å²) in [4.78, 5) is 36.2. The molecule has 6 heteroatoms. The number of aliphatic hydroxyl groups is 1. The number of esters is 1. The first kappa shape index (κ1) is 21.2. The lowest BCUT2D eigenvalue weighted by molar-refractivity contribution is -0.152. The molecule has 0 aromatic carbocycles. The second-order valence-corrected chi connectivity index (χ2v) is 9.70. The van der Waals surface area contributed by atoms with E-state index in [4.69, 9.17) is 9.47 Å². The van der Waals surface area contributed by atoms with E-state index in [-0.39, 0.29) is 42.0 Å². The molecule has 30 heavy (non-hydrogen) atoms. The molecule has 0 aliphatic heterocycles. The van der Waals surface area contributed by atoms with E-state index in [0.717, 1.165) is 5.57 Å². The number of ketones is 2. The van der Waals surface area contributed by atoms with Gasteiger partial charge in [-0.15, -0.1) is 0 Å². The number of carbonyl (C=O) groups excluding carboxylic acids is 3. The van der Waals surface area contributed by atoms with E-state index in [1.54, 1.807) is 19.3 Å². The molecule has 162 valence electrons. The van der Waals surface area contributed by atoms with Crippen molar-refractivity contribution in [3.63, 3.8) is 0 Å². The maximum absolute atomic E-state index is 13.1. The summed E-state index contributed by atoms with van der Waals surface area (Å²) in [5.74, 6) is -0.979. The van der Waals surface area contributed by atoms with Crippen LogP contribution in [-0.4, -0.2) is 48.6 Å². The highest BCUT2D eigenvalue weighted by molar-refractivity contribution is 6.01. The number of fused-ring (bicyclic) bond motifs is 5. The highest BCUT2D eigenvalue weighted by Gasteiger charge is 2.64. The fraction of sp³-hybridized carbons (Fsp3) is 0.625. The van der Waals surface area contributed by atoms with Crippen molar-refractivity contribution >= 4 is 17.5 Å². The van der Waals surface area contributed by atoms with Gasteiger partial charge in [-0.2, -0.15) is 0 Å². The number of rotatable bonds is 4. The molecule has 0 aromatic heterocycles. The topological polar surface area (TPSA) is 89.9 Å². The molecule has 2 saturated carbocycles. The number of carbonyl (C=O) groups is 3. The Balaban J connectivity index is 1.71. The van der Waals surface area contributed by atoms with Crippen LogP contribution in [0.1, 0.15) is 33.6 Å². The van der Waals surface area contributed by atoms with E-state index in [1.807, 2.05) is 12.2 Å². The van der Waals surface area contributed by atoms with Crippen molar-refractivity contribution in [1.29, 1.82) is 0 Å². The van der Waals surface area contributed by atoms with Gasteiger partial charge in [0.1, 0.15) is 6.61 Å². The van der Waals surface area contributed by atoms with Gasteiger partial charge in [-0.25, -0.2) is 0 Å². The summed E-state index contributed by atoms with van der Waals surface area (Å²) in [5.41, 5.74) is 0.0492. The van der Waals surface area contributed by atoms with E-state index in [2.05, 4.69) is 19.9 Å². The Morgan fingerprint density at radius 3 is 2.67 bits per heavy atom. The largest absolute Gasteiger partial charge is 0.458 e. The van der Waals surface area contributed by atoms with Crippen LogP contribution in [0.5, 0.6) is 0 Å². The van der Waals surface area contributed by atoms with Gasteiger partial charge in [-0.3, -0.25) is 14.4 Å². The minimum absolute atomic E-state index is 0.0304. The molecule has 0 heterocycles. The maximum atomic E-state index is 13.1. The number of Topliss-reactive ketones (excluding diaryl/α,β-unsaturated/α-hetero) is 1. The SMILES string of the molecule is COC1C[C@H]2[C@@H]3C=CC4=CC(=O)C=C[C@]4(C)[C@H]3C(O)C[C@]2(C)[C@H]1C(=O)COC(C)=O. The van der Waals surface area contributed by atoms with Crippen LogP contribution in [0.25, 0.3) is 0 Å². The van der Waals surface area contributed by atoms with E-state index in [1.165, 1.54) is 6.92 Å². The quantitative estimate of drug-likeness (QED) is 0.711. The van der Waals surface area contributed by atoms with Gasteiger partial charge in [0.05, 0.1) is 18.1 Å². The predicted octanol–water partition coefficient (Wildman–Crippen LogP) is 2.41. The Hall–Kier alpha value is -2.05. The van der Waals surface area contributed by atoms with E-state index >= 15 is 0 Å². The van der Waals surface area contributed by atoms with Crippen LogP contribution in [0.3, 0.4) is 0 Å². The number of methoxy groups -OCH3 is 1. The lowest BCUT2D eigenvalue weighted by atomic mass is 9.48. The molecule has 4 aliphatic carbocycles. The second-order valence-electron chi connectivity index (χ2n) is 9.70. The van der Waals surface area contributed by atoms with Crippen molar-refractivity contribution in [3.05, 3.63) is 36.0 Å². The third-order valence-corrected chi connectivity index (χ3v) is 8.13. The second kappa shape index (κ2) is 7.27. The molecule has 0 aromatic rings. The Bertz CT molecular complexity index is 869. The highest BCUT2D eigenvalue weighted by Crippen LogP contribution is 2.65. The summed E-state index contributed by atoms with van der Waals surface area (Å²) >= 11 is 0. The average Bonchev–Trinajstić information content (AvgIpc) is 2.98. The summed E-state index contributed by atoms with van der Waals surface area (Å²) in [5, 5.41) is 11.3. The predicted molar refractivity (Wildman–Crippen MR) is 109 cm³/mol. The third-order valence-electron chi connectivity index (χ3n) is 8.13. The van der Waals surface area contributed by atoms with E-state index in [9.17, 15) is 19.5 Å². The summed E-state index contributed by atoms with van der Waals surface area (Å²) in [6.07, 6.45) is 9.57. The van der Waals surface area contributed by atoms with Gasteiger partial charge in [0.2, 0.25) is 0 Å². The normalized spacial score (nSPS) is 44.0. The molecule has 2 unspecified atom stereocenters. The summed E-state index contributed by atoms with van der Waals surface area (Å²) in [6.45, 7) is 5.17. The number of hydrogen-bond donors (Lipinski definition) is 1. The van der Waals surface area contributed by atoms with Gasteiger partial charge in [0.25, 0.3) is 0 Å². The minimum atomic E-state index is -0.632. The first-order chi connectivity index (χ1) is 14.1. The first-order valence-corrected chi connectivity index (χ1v) is 10.6. The Kier molecular flexibility index (Phi) is 5.14. The highest BCUT2D eigenvalue weighted by atomic mass is 16.5. The zero-order chi connectivity index (χ0) is 21.8. The zero-order valence-electron chi connectivity index (χ0n) is 18.0. The molecule has 1 N–H and O–H groups in total. The Morgan fingerprint density at radius 1 is 1.27 bits per heavy atom. The summed E-state index contributed by atoms with van der Waals surface area (Å²) < 4.78 is 10.7. The van der Waals surface area contributed by atoms with Gasteiger partial charge in [-0.05, 0) is 47.8 Å². The van der Waals surface area contributed by atoms with Crippen LogP contribution in [0, 0.1) is 34.5 Å². The van der Waals surface area contributed by atoms with Crippen LogP contribution >= 0.6 is 0 Å². The summed E-state index contributed by atoms with van der Waals surface area (Å²) in [7, 11) is 1.61. The molecule has 0 amide bonds. The lowest BCUT2D eigenvalue weighted by Crippen LogP contribution is -2.55. The first-order valence-electron chi connectivity index (χ1n) is 10.6. The van der Waals surface area contributed by atoms with Crippen LogP contribution < -0.4 is 0 Å².